The van der Waals surface area contributed by atoms with Crippen LogP contribution in [0.5, 0.6) is 0 Å². The number of benzene rings is 1. The molecule has 0 saturated carbocycles. The van der Waals surface area contributed by atoms with Crippen LogP contribution in [0.2, 0.25) is 0 Å². The number of carbonyl (C=O) groups excluding carboxylic acids is 2. The average molecular weight is 276 g/mol. The Morgan fingerprint density at radius 1 is 1.40 bits per heavy atom. The lowest BCUT2D eigenvalue weighted by molar-refractivity contribution is -0.120. The Morgan fingerprint density at radius 2 is 2.20 bits per heavy atom. The maximum Gasteiger partial charge on any atom is 0.339 e. The summed E-state index contributed by atoms with van der Waals surface area (Å²) in [7, 11) is 1.33. The number of methoxy groups -OCH3 is 1. The highest BCUT2D eigenvalue weighted by Crippen LogP contribution is 2.20. The first-order chi connectivity index (χ1) is 9.61. The number of piperidine rings is 1. The van der Waals surface area contributed by atoms with Gasteiger partial charge in [-0.2, -0.15) is 0 Å². The normalized spacial score (nSPS) is 18.4. The molecule has 1 heterocycles. The van der Waals surface area contributed by atoms with Crippen LogP contribution in [0.25, 0.3) is 0 Å². The molecule has 0 aliphatic carbocycles. The zero-order valence-electron chi connectivity index (χ0n) is 11.9. The molecule has 1 fully saturated rings. The predicted molar refractivity (Wildman–Crippen MR) is 76.7 cm³/mol. The van der Waals surface area contributed by atoms with E-state index in [1.165, 1.54) is 7.11 Å². The summed E-state index contributed by atoms with van der Waals surface area (Å²) in [6, 6.07) is 5.33. The SMILES string of the molecule is COC(=O)c1cc(C)ccc1NC(=O)[C@H]1CCCNC1. The molecule has 0 unspecified atom stereocenters. The van der Waals surface area contributed by atoms with E-state index in [4.69, 9.17) is 4.74 Å². The second-order valence-electron chi connectivity index (χ2n) is 5.07. The predicted octanol–water partition coefficient (Wildman–Crippen LogP) is 1.72. The molecule has 1 aliphatic rings. The third kappa shape index (κ3) is 3.36. The molecule has 1 saturated heterocycles. The smallest absolute Gasteiger partial charge is 0.339 e. The Labute approximate surface area is 118 Å². The van der Waals surface area contributed by atoms with Crippen LogP contribution in [-0.2, 0) is 9.53 Å². The minimum Gasteiger partial charge on any atom is -0.465 e. The van der Waals surface area contributed by atoms with Crippen LogP contribution in [0.1, 0.15) is 28.8 Å². The van der Waals surface area contributed by atoms with Crippen molar-refractivity contribution in [3.63, 3.8) is 0 Å². The van der Waals surface area contributed by atoms with E-state index in [-0.39, 0.29) is 11.8 Å². The van der Waals surface area contributed by atoms with Gasteiger partial charge in [0, 0.05) is 6.54 Å². The van der Waals surface area contributed by atoms with E-state index >= 15 is 0 Å². The number of carbonyl (C=O) groups is 2. The highest BCUT2D eigenvalue weighted by Gasteiger charge is 2.22. The first-order valence-corrected chi connectivity index (χ1v) is 6.82. The van der Waals surface area contributed by atoms with Crippen LogP contribution in [0, 0.1) is 12.8 Å². The van der Waals surface area contributed by atoms with Gasteiger partial charge in [0.2, 0.25) is 5.91 Å². The Morgan fingerprint density at radius 3 is 2.85 bits per heavy atom. The molecule has 1 aromatic carbocycles. The quantitative estimate of drug-likeness (QED) is 0.825. The van der Waals surface area contributed by atoms with Crippen LogP contribution < -0.4 is 10.6 Å². The van der Waals surface area contributed by atoms with Crippen LogP contribution in [0.3, 0.4) is 0 Å². The van der Waals surface area contributed by atoms with Gasteiger partial charge < -0.3 is 15.4 Å². The Hall–Kier alpha value is -1.88. The zero-order chi connectivity index (χ0) is 14.5. The standard InChI is InChI=1S/C15H20N2O3/c1-10-5-6-13(12(8-10)15(19)20-2)17-14(18)11-4-3-7-16-9-11/h5-6,8,11,16H,3-4,7,9H2,1-2H3,(H,17,18)/t11-/m0/s1. The van der Waals surface area contributed by atoms with E-state index in [0.29, 0.717) is 17.8 Å². The largest absolute Gasteiger partial charge is 0.465 e. The molecule has 108 valence electrons. The van der Waals surface area contributed by atoms with Crippen LogP contribution in [0.15, 0.2) is 18.2 Å². The maximum absolute atomic E-state index is 12.2. The first kappa shape index (κ1) is 14.5. The third-order valence-corrected chi connectivity index (χ3v) is 3.51. The molecule has 0 spiro atoms. The summed E-state index contributed by atoms with van der Waals surface area (Å²) in [6.07, 6.45) is 1.87. The highest BCUT2D eigenvalue weighted by molar-refractivity contribution is 6.02. The number of nitrogens with one attached hydrogen (secondary N) is 2. The van der Waals surface area contributed by atoms with Gasteiger partial charge in [0.1, 0.15) is 0 Å². The topological polar surface area (TPSA) is 67.4 Å². The lowest BCUT2D eigenvalue weighted by atomic mass is 9.98. The highest BCUT2D eigenvalue weighted by atomic mass is 16.5. The Balaban J connectivity index is 2.15. The molecule has 1 aliphatic heterocycles. The van der Waals surface area contributed by atoms with Crippen LogP contribution >= 0.6 is 0 Å². The van der Waals surface area contributed by atoms with E-state index < -0.39 is 5.97 Å². The fraction of sp³-hybridized carbons (Fsp3) is 0.467. The second-order valence-corrected chi connectivity index (χ2v) is 5.07. The van der Waals surface area contributed by atoms with Crippen molar-refractivity contribution in [1.29, 1.82) is 0 Å². The van der Waals surface area contributed by atoms with E-state index in [1.807, 2.05) is 13.0 Å². The second kappa shape index (κ2) is 6.52. The van der Waals surface area contributed by atoms with Crippen molar-refractivity contribution in [2.45, 2.75) is 19.8 Å². The number of anilines is 1. The van der Waals surface area contributed by atoms with Gasteiger partial charge in [0.05, 0.1) is 24.3 Å². The van der Waals surface area contributed by atoms with Crippen molar-refractivity contribution < 1.29 is 14.3 Å². The molecule has 1 atom stereocenters. The molecule has 2 N–H and O–H groups in total. The van der Waals surface area contributed by atoms with Gasteiger partial charge in [-0.1, -0.05) is 11.6 Å². The number of esters is 1. The molecular weight excluding hydrogens is 256 g/mol. The van der Waals surface area contributed by atoms with Gasteiger partial charge in [0.25, 0.3) is 0 Å². The third-order valence-electron chi connectivity index (χ3n) is 3.51. The first-order valence-electron chi connectivity index (χ1n) is 6.82. The molecule has 0 aromatic heterocycles. The number of ether oxygens (including phenoxy) is 1. The number of hydrogen-bond donors (Lipinski definition) is 2. The Bertz CT molecular complexity index is 508. The molecule has 5 heteroatoms. The molecule has 2 rings (SSSR count). The van der Waals surface area contributed by atoms with Crippen LogP contribution in [-0.4, -0.2) is 32.1 Å². The minimum absolute atomic E-state index is 0.0458. The fourth-order valence-electron chi connectivity index (χ4n) is 2.36. The number of hydrogen-bond acceptors (Lipinski definition) is 4. The van der Waals surface area contributed by atoms with Crippen molar-refractivity contribution in [2.24, 2.45) is 5.92 Å². The summed E-state index contributed by atoms with van der Waals surface area (Å²) in [6.45, 7) is 3.54. The molecular formula is C15H20N2O3. The van der Waals surface area contributed by atoms with Crippen LogP contribution in [0.4, 0.5) is 5.69 Å². The van der Waals surface area contributed by atoms with Gasteiger partial charge in [-0.3, -0.25) is 4.79 Å². The minimum atomic E-state index is -0.439. The molecule has 0 radical (unpaired) electrons. The van der Waals surface area contributed by atoms with Crippen molar-refractivity contribution in [2.75, 3.05) is 25.5 Å². The molecule has 0 bridgehead atoms. The van der Waals surface area contributed by atoms with Gasteiger partial charge in [-0.25, -0.2) is 4.79 Å². The van der Waals surface area contributed by atoms with E-state index in [9.17, 15) is 9.59 Å². The summed E-state index contributed by atoms with van der Waals surface area (Å²) < 4.78 is 4.76. The fourth-order valence-corrected chi connectivity index (χ4v) is 2.36. The molecule has 20 heavy (non-hydrogen) atoms. The van der Waals surface area contributed by atoms with Gasteiger partial charge >= 0.3 is 5.97 Å². The van der Waals surface area contributed by atoms with E-state index in [0.717, 1.165) is 24.9 Å². The number of rotatable bonds is 3. The summed E-state index contributed by atoms with van der Waals surface area (Å²) in [5.74, 6) is -0.535. The van der Waals surface area contributed by atoms with E-state index in [1.54, 1.807) is 12.1 Å². The van der Waals surface area contributed by atoms with Crippen molar-refractivity contribution >= 4 is 17.6 Å². The maximum atomic E-state index is 12.2. The van der Waals surface area contributed by atoms with Gasteiger partial charge in [-0.15, -0.1) is 0 Å². The summed E-state index contributed by atoms with van der Waals surface area (Å²) in [5.41, 5.74) is 1.85. The molecule has 1 amide bonds. The Kier molecular flexibility index (Phi) is 4.74. The molecule has 1 aromatic rings. The number of amides is 1. The monoisotopic (exact) mass is 276 g/mol. The van der Waals surface area contributed by atoms with Gasteiger partial charge in [-0.05, 0) is 38.4 Å². The van der Waals surface area contributed by atoms with Gasteiger partial charge in [0.15, 0.2) is 0 Å². The summed E-state index contributed by atoms with van der Waals surface area (Å²) in [5, 5.41) is 6.05. The molecule has 5 nitrogen and oxygen atoms in total. The number of aryl methyl sites for hydroxylation is 1. The summed E-state index contributed by atoms with van der Waals surface area (Å²) >= 11 is 0. The van der Waals surface area contributed by atoms with Crippen molar-refractivity contribution in [3.8, 4) is 0 Å². The van der Waals surface area contributed by atoms with Crippen molar-refractivity contribution in [3.05, 3.63) is 29.3 Å². The lowest BCUT2D eigenvalue weighted by Gasteiger charge is -2.22. The lowest BCUT2D eigenvalue weighted by Crippen LogP contribution is -2.37. The average Bonchev–Trinajstić information content (AvgIpc) is 2.49. The summed E-state index contributed by atoms with van der Waals surface area (Å²) in [4.78, 5) is 24.0. The van der Waals surface area contributed by atoms with Crippen molar-refractivity contribution in [1.82, 2.24) is 5.32 Å². The zero-order valence-corrected chi connectivity index (χ0v) is 11.9. The van der Waals surface area contributed by atoms with E-state index in [2.05, 4.69) is 10.6 Å².